The van der Waals surface area contributed by atoms with Crippen molar-refractivity contribution >= 4 is 46.4 Å². The van der Waals surface area contributed by atoms with Gasteiger partial charge in [0.15, 0.2) is 11.1 Å². The number of hydrogen-bond donors (Lipinski definition) is 3. The molecule has 0 spiro atoms. The standard InChI is InChI=1S/C19H33N5O2S.HI/c1-2-20-17(22-14-19(6-11-25)7-12-26-15-19)21-8-5-16-13-27-18(23-16)24-9-3-4-10-24;/h13,25H,2-12,14-15H2,1H3,(H2,20,21,22);1H. The summed E-state index contributed by atoms with van der Waals surface area (Å²) in [5.41, 5.74) is 1.13. The Bertz CT molecular complexity index is 601. The molecule has 2 aliphatic rings. The number of nitrogens with one attached hydrogen (secondary N) is 2. The van der Waals surface area contributed by atoms with Gasteiger partial charge in [0.25, 0.3) is 0 Å². The zero-order chi connectivity index (χ0) is 19.0. The van der Waals surface area contributed by atoms with Crippen LogP contribution < -0.4 is 15.5 Å². The first-order valence-electron chi connectivity index (χ1n) is 10.1. The van der Waals surface area contributed by atoms with Gasteiger partial charge in [0.1, 0.15) is 0 Å². The van der Waals surface area contributed by atoms with Crippen LogP contribution in [0.2, 0.25) is 0 Å². The molecule has 0 aliphatic carbocycles. The molecule has 0 bridgehead atoms. The molecule has 160 valence electrons. The van der Waals surface area contributed by atoms with Gasteiger partial charge in [0.2, 0.25) is 0 Å². The Morgan fingerprint density at radius 1 is 1.39 bits per heavy atom. The van der Waals surface area contributed by atoms with Gasteiger partial charge in [0.05, 0.1) is 18.8 Å². The first-order chi connectivity index (χ1) is 13.2. The van der Waals surface area contributed by atoms with E-state index in [-0.39, 0.29) is 36.0 Å². The van der Waals surface area contributed by atoms with E-state index in [0.717, 1.165) is 68.8 Å². The average Bonchev–Trinajstić information content (AvgIpc) is 3.41. The lowest BCUT2D eigenvalue weighted by Crippen LogP contribution is -2.39. The molecule has 1 atom stereocenters. The Morgan fingerprint density at radius 3 is 2.89 bits per heavy atom. The number of guanidine groups is 1. The minimum atomic E-state index is -0.0172. The van der Waals surface area contributed by atoms with E-state index in [2.05, 4.69) is 27.8 Å². The molecule has 2 saturated heterocycles. The van der Waals surface area contributed by atoms with Crippen molar-refractivity contribution in [1.82, 2.24) is 15.6 Å². The van der Waals surface area contributed by atoms with Gasteiger partial charge in [0, 0.05) is 56.6 Å². The van der Waals surface area contributed by atoms with E-state index < -0.39 is 0 Å². The fourth-order valence-corrected chi connectivity index (χ4v) is 4.56. The number of aliphatic hydroxyl groups is 1. The number of aliphatic hydroxyl groups excluding tert-OH is 1. The number of hydrogen-bond acceptors (Lipinski definition) is 6. The molecule has 0 radical (unpaired) electrons. The largest absolute Gasteiger partial charge is 0.396 e. The second-order valence-electron chi connectivity index (χ2n) is 7.46. The summed E-state index contributed by atoms with van der Waals surface area (Å²) < 4.78 is 5.56. The first-order valence-corrected chi connectivity index (χ1v) is 11.0. The highest BCUT2D eigenvalue weighted by molar-refractivity contribution is 14.0. The summed E-state index contributed by atoms with van der Waals surface area (Å²) in [5, 5.41) is 19.4. The summed E-state index contributed by atoms with van der Waals surface area (Å²) in [6.45, 7) is 8.30. The molecule has 0 saturated carbocycles. The molecule has 2 aliphatic heterocycles. The molecule has 3 N–H and O–H groups in total. The zero-order valence-electron chi connectivity index (χ0n) is 16.8. The summed E-state index contributed by atoms with van der Waals surface area (Å²) in [4.78, 5) is 11.9. The zero-order valence-corrected chi connectivity index (χ0v) is 19.9. The van der Waals surface area contributed by atoms with Crippen LogP contribution in [0.15, 0.2) is 10.4 Å². The second kappa shape index (κ2) is 12.1. The Kier molecular flexibility index (Phi) is 10.2. The van der Waals surface area contributed by atoms with Crippen LogP contribution in [0.5, 0.6) is 0 Å². The lowest BCUT2D eigenvalue weighted by Gasteiger charge is -2.24. The van der Waals surface area contributed by atoms with Gasteiger partial charge in [-0.3, -0.25) is 4.99 Å². The van der Waals surface area contributed by atoms with Gasteiger partial charge in [-0.05, 0) is 32.6 Å². The van der Waals surface area contributed by atoms with Crippen LogP contribution in [-0.4, -0.2) is 68.6 Å². The van der Waals surface area contributed by atoms with Crippen LogP contribution >= 0.6 is 35.3 Å². The summed E-state index contributed by atoms with van der Waals surface area (Å²) in [7, 11) is 0. The van der Waals surface area contributed by atoms with Gasteiger partial charge < -0.3 is 25.4 Å². The summed E-state index contributed by atoms with van der Waals surface area (Å²) >= 11 is 1.75. The number of ether oxygens (including phenoxy) is 1. The van der Waals surface area contributed by atoms with Crippen molar-refractivity contribution in [3.8, 4) is 0 Å². The Morgan fingerprint density at radius 2 is 2.21 bits per heavy atom. The van der Waals surface area contributed by atoms with E-state index in [1.807, 2.05) is 0 Å². The van der Waals surface area contributed by atoms with Gasteiger partial charge in [-0.25, -0.2) is 4.98 Å². The van der Waals surface area contributed by atoms with Crippen molar-refractivity contribution in [2.24, 2.45) is 10.4 Å². The second-order valence-corrected chi connectivity index (χ2v) is 8.30. The SMILES string of the molecule is CCNC(=NCC1(CCO)CCOC1)NCCc1csc(N2CCCC2)n1.I. The number of nitrogens with zero attached hydrogens (tertiary/aromatic N) is 3. The van der Waals surface area contributed by atoms with Crippen LogP contribution in [0.4, 0.5) is 5.13 Å². The van der Waals surface area contributed by atoms with E-state index in [1.165, 1.54) is 12.8 Å². The van der Waals surface area contributed by atoms with Crippen molar-refractivity contribution in [1.29, 1.82) is 0 Å². The maximum Gasteiger partial charge on any atom is 0.191 e. The van der Waals surface area contributed by atoms with Crippen molar-refractivity contribution in [3.05, 3.63) is 11.1 Å². The minimum Gasteiger partial charge on any atom is -0.396 e. The fraction of sp³-hybridized carbons (Fsp3) is 0.789. The van der Waals surface area contributed by atoms with E-state index in [9.17, 15) is 5.11 Å². The predicted molar refractivity (Wildman–Crippen MR) is 126 cm³/mol. The van der Waals surface area contributed by atoms with E-state index in [0.29, 0.717) is 13.2 Å². The molecule has 0 amide bonds. The van der Waals surface area contributed by atoms with Gasteiger partial charge in [-0.1, -0.05) is 0 Å². The maximum atomic E-state index is 9.36. The van der Waals surface area contributed by atoms with Gasteiger partial charge in [-0.2, -0.15) is 0 Å². The van der Waals surface area contributed by atoms with E-state index in [4.69, 9.17) is 14.7 Å². The molecule has 9 heteroatoms. The van der Waals surface area contributed by atoms with Crippen molar-refractivity contribution < 1.29 is 9.84 Å². The fourth-order valence-electron chi connectivity index (χ4n) is 3.65. The van der Waals surface area contributed by atoms with Crippen LogP contribution in [0.1, 0.15) is 38.3 Å². The predicted octanol–water partition coefficient (Wildman–Crippen LogP) is 2.25. The monoisotopic (exact) mass is 523 g/mol. The molecular formula is C19H34IN5O2S. The number of anilines is 1. The van der Waals surface area contributed by atoms with Crippen molar-refractivity contribution in [3.63, 3.8) is 0 Å². The lowest BCUT2D eigenvalue weighted by atomic mass is 9.84. The first kappa shape index (κ1) is 23.6. The molecule has 2 fully saturated rings. The highest BCUT2D eigenvalue weighted by Gasteiger charge is 2.34. The average molecular weight is 523 g/mol. The van der Waals surface area contributed by atoms with Gasteiger partial charge in [-0.15, -0.1) is 35.3 Å². The molecule has 1 aromatic heterocycles. The molecular weight excluding hydrogens is 489 g/mol. The molecule has 3 rings (SSSR count). The minimum absolute atomic E-state index is 0. The molecule has 28 heavy (non-hydrogen) atoms. The molecule has 3 heterocycles. The normalized spacial score (nSPS) is 22.4. The third kappa shape index (κ3) is 6.70. The van der Waals surface area contributed by atoms with Crippen LogP contribution in [-0.2, 0) is 11.2 Å². The summed E-state index contributed by atoms with van der Waals surface area (Å²) in [5.74, 6) is 0.830. The Hall–Kier alpha value is -0.650. The number of thiazole rings is 1. The third-order valence-corrected chi connectivity index (χ3v) is 6.28. The Labute approximate surface area is 189 Å². The molecule has 0 aromatic carbocycles. The molecule has 7 nitrogen and oxygen atoms in total. The smallest absolute Gasteiger partial charge is 0.191 e. The van der Waals surface area contributed by atoms with Crippen LogP contribution in [0.25, 0.3) is 0 Å². The Balaban J connectivity index is 0.00000280. The number of aliphatic imine (C=N–C) groups is 1. The van der Waals surface area contributed by atoms with Crippen molar-refractivity contribution in [2.75, 3.05) is 57.4 Å². The molecule has 1 unspecified atom stereocenters. The molecule has 1 aromatic rings. The summed E-state index contributed by atoms with van der Waals surface area (Å²) in [6, 6.07) is 0. The maximum absolute atomic E-state index is 9.36. The highest BCUT2D eigenvalue weighted by atomic mass is 127. The van der Waals surface area contributed by atoms with E-state index in [1.54, 1.807) is 11.3 Å². The lowest BCUT2D eigenvalue weighted by molar-refractivity contribution is 0.131. The number of halogens is 1. The van der Waals surface area contributed by atoms with E-state index >= 15 is 0 Å². The number of aromatic nitrogens is 1. The highest BCUT2D eigenvalue weighted by Crippen LogP contribution is 2.32. The quantitative estimate of drug-likeness (QED) is 0.262. The summed E-state index contributed by atoms with van der Waals surface area (Å²) in [6.07, 6.45) is 5.16. The topological polar surface area (TPSA) is 82.0 Å². The number of rotatable bonds is 9. The van der Waals surface area contributed by atoms with Gasteiger partial charge >= 0.3 is 0 Å². The van der Waals surface area contributed by atoms with Crippen molar-refractivity contribution in [2.45, 2.75) is 39.0 Å². The third-order valence-electron chi connectivity index (χ3n) is 5.33. The van der Waals surface area contributed by atoms with Crippen LogP contribution in [0.3, 0.4) is 0 Å². The van der Waals surface area contributed by atoms with Crippen LogP contribution in [0, 0.1) is 5.41 Å².